The fraction of sp³-hybridized carbons (Fsp3) is 0.571. The largest absolute Gasteiger partial charge is 0.392 e. The van der Waals surface area contributed by atoms with Crippen LogP contribution >= 0.6 is 0 Å². The average Bonchev–Trinajstić information content (AvgIpc) is 2.35. The molecule has 0 aliphatic carbocycles. The molecule has 0 heterocycles. The molecule has 0 bridgehead atoms. The summed E-state index contributed by atoms with van der Waals surface area (Å²) in [5.74, 6) is 0. The summed E-state index contributed by atoms with van der Waals surface area (Å²) in [5, 5.41) is 8.96. The molecule has 90 valence electrons. The smallest absolute Gasteiger partial charge is 0.0681 e. The molecule has 0 saturated carbocycles. The first-order valence-corrected chi connectivity index (χ1v) is 6.21. The lowest BCUT2D eigenvalue weighted by atomic mass is 10.1. The summed E-state index contributed by atoms with van der Waals surface area (Å²) in [5.41, 5.74) is 2.32. The van der Waals surface area contributed by atoms with E-state index in [1.165, 1.54) is 24.9 Å². The molecule has 0 spiro atoms. The number of benzene rings is 1. The lowest BCUT2D eigenvalue weighted by molar-refractivity contribution is 0.274. The van der Waals surface area contributed by atoms with Crippen molar-refractivity contribution in [1.82, 2.24) is 4.90 Å². The highest BCUT2D eigenvalue weighted by molar-refractivity contribution is 5.21. The van der Waals surface area contributed by atoms with Gasteiger partial charge < -0.3 is 5.11 Å². The SMILES string of the molecule is CCCCN(CC)Cc1ccc(CO)cc1. The summed E-state index contributed by atoms with van der Waals surface area (Å²) in [6, 6.07) is 8.23. The van der Waals surface area contributed by atoms with Crippen LogP contribution in [-0.2, 0) is 13.2 Å². The molecule has 0 aromatic heterocycles. The molecule has 0 fully saturated rings. The Hall–Kier alpha value is -0.860. The summed E-state index contributed by atoms with van der Waals surface area (Å²) in [6.07, 6.45) is 2.52. The zero-order valence-electron chi connectivity index (χ0n) is 10.4. The number of aliphatic hydroxyl groups is 1. The number of unbranched alkanes of at least 4 members (excludes halogenated alkanes) is 1. The molecule has 0 unspecified atom stereocenters. The van der Waals surface area contributed by atoms with Crippen molar-refractivity contribution in [3.05, 3.63) is 35.4 Å². The fourth-order valence-corrected chi connectivity index (χ4v) is 1.74. The van der Waals surface area contributed by atoms with Gasteiger partial charge in [0.05, 0.1) is 6.61 Å². The molecule has 16 heavy (non-hydrogen) atoms. The Balaban J connectivity index is 2.49. The maximum atomic E-state index is 8.96. The summed E-state index contributed by atoms with van der Waals surface area (Å²) in [7, 11) is 0. The van der Waals surface area contributed by atoms with Gasteiger partial charge in [-0.2, -0.15) is 0 Å². The van der Waals surface area contributed by atoms with Gasteiger partial charge in [0.1, 0.15) is 0 Å². The summed E-state index contributed by atoms with van der Waals surface area (Å²) in [6.45, 7) is 7.86. The maximum absolute atomic E-state index is 8.96. The van der Waals surface area contributed by atoms with Crippen LogP contribution in [0.15, 0.2) is 24.3 Å². The second kappa shape index (κ2) is 7.42. The fourth-order valence-electron chi connectivity index (χ4n) is 1.74. The Labute approximate surface area is 98.9 Å². The van der Waals surface area contributed by atoms with Crippen LogP contribution in [0.3, 0.4) is 0 Å². The predicted octanol–water partition coefficient (Wildman–Crippen LogP) is 2.80. The van der Waals surface area contributed by atoms with E-state index in [4.69, 9.17) is 5.11 Å². The van der Waals surface area contributed by atoms with Gasteiger partial charge in [-0.1, -0.05) is 44.5 Å². The summed E-state index contributed by atoms with van der Waals surface area (Å²) < 4.78 is 0. The molecule has 0 saturated heterocycles. The van der Waals surface area contributed by atoms with Crippen LogP contribution in [0.5, 0.6) is 0 Å². The Kier molecular flexibility index (Phi) is 6.12. The van der Waals surface area contributed by atoms with Crippen molar-refractivity contribution in [3.63, 3.8) is 0 Å². The van der Waals surface area contributed by atoms with Crippen molar-refractivity contribution in [2.45, 2.75) is 39.8 Å². The Morgan fingerprint density at radius 1 is 1.06 bits per heavy atom. The minimum atomic E-state index is 0.133. The van der Waals surface area contributed by atoms with E-state index in [1.54, 1.807) is 0 Å². The molecule has 2 heteroatoms. The van der Waals surface area contributed by atoms with Crippen molar-refractivity contribution in [1.29, 1.82) is 0 Å². The second-order valence-corrected chi connectivity index (χ2v) is 4.20. The average molecular weight is 221 g/mol. The molecule has 0 atom stereocenters. The first-order chi connectivity index (χ1) is 7.80. The molecular weight excluding hydrogens is 198 g/mol. The normalized spacial score (nSPS) is 11.0. The molecule has 1 aromatic carbocycles. The minimum Gasteiger partial charge on any atom is -0.392 e. The van der Waals surface area contributed by atoms with Gasteiger partial charge in [-0.3, -0.25) is 4.90 Å². The summed E-state index contributed by atoms with van der Waals surface area (Å²) in [4.78, 5) is 2.46. The topological polar surface area (TPSA) is 23.5 Å². The second-order valence-electron chi connectivity index (χ2n) is 4.20. The van der Waals surface area contributed by atoms with Gasteiger partial charge in [-0.15, -0.1) is 0 Å². The third-order valence-electron chi connectivity index (χ3n) is 2.89. The van der Waals surface area contributed by atoms with Gasteiger partial charge in [-0.25, -0.2) is 0 Å². The van der Waals surface area contributed by atoms with E-state index in [0.29, 0.717) is 0 Å². The molecule has 0 amide bonds. The van der Waals surface area contributed by atoms with E-state index < -0.39 is 0 Å². The van der Waals surface area contributed by atoms with Gasteiger partial charge in [0.2, 0.25) is 0 Å². The maximum Gasteiger partial charge on any atom is 0.0681 e. The highest BCUT2D eigenvalue weighted by Crippen LogP contribution is 2.08. The van der Waals surface area contributed by atoms with Gasteiger partial charge in [0.15, 0.2) is 0 Å². The zero-order valence-corrected chi connectivity index (χ0v) is 10.4. The van der Waals surface area contributed by atoms with E-state index >= 15 is 0 Å². The van der Waals surface area contributed by atoms with Crippen LogP contribution in [0.25, 0.3) is 0 Å². The Morgan fingerprint density at radius 2 is 1.69 bits per heavy atom. The van der Waals surface area contributed by atoms with Crippen molar-refractivity contribution < 1.29 is 5.11 Å². The Morgan fingerprint density at radius 3 is 2.19 bits per heavy atom. The molecule has 0 radical (unpaired) electrons. The van der Waals surface area contributed by atoms with Gasteiger partial charge >= 0.3 is 0 Å². The Bertz CT molecular complexity index is 281. The number of hydrogen-bond donors (Lipinski definition) is 1. The van der Waals surface area contributed by atoms with Gasteiger partial charge in [0, 0.05) is 6.54 Å². The summed E-state index contributed by atoms with van der Waals surface area (Å²) >= 11 is 0. The highest BCUT2D eigenvalue weighted by atomic mass is 16.3. The lowest BCUT2D eigenvalue weighted by Gasteiger charge is -2.20. The van der Waals surface area contributed by atoms with E-state index in [-0.39, 0.29) is 6.61 Å². The van der Waals surface area contributed by atoms with Crippen LogP contribution in [0.2, 0.25) is 0 Å². The zero-order chi connectivity index (χ0) is 11.8. The van der Waals surface area contributed by atoms with Crippen molar-refractivity contribution >= 4 is 0 Å². The molecule has 1 N–H and O–H groups in total. The van der Waals surface area contributed by atoms with E-state index in [2.05, 4.69) is 30.9 Å². The van der Waals surface area contributed by atoms with Crippen LogP contribution in [0, 0.1) is 0 Å². The monoisotopic (exact) mass is 221 g/mol. The molecule has 1 rings (SSSR count). The van der Waals surface area contributed by atoms with E-state index in [1.807, 2.05) is 12.1 Å². The van der Waals surface area contributed by atoms with Crippen LogP contribution in [-0.4, -0.2) is 23.1 Å². The van der Waals surface area contributed by atoms with Gasteiger partial charge in [-0.05, 0) is 30.6 Å². The van der Waals surface area contributed by atoms with Crippen LogP contribution in [0.4, 0.5) is 0 Å². The standard InChI is InChI=1S/C14H23NO/c1-3-5-10-15(4-2)11-13-6-8-14(12-16)9-7-13/h6-9,16H,3-5,10-12H2,1-2H3. The van der Waals surface area contributed by atoms with Crippen molar-refractivity contribution in [3.8, 4) is 0 Å². The quantitative estimate of drug-likeness (QED) is 0.765. The molecular formula is C14H23NO. The minimum absolute atomic E-state index is 0.133. The third-order valence-corrected chi connectivity index (χ3v) is 2.89. The number of aliphatic hydroxyl groups excluding tert-OH is 1. The highest BCUT2D eigenvalue weighted by Gasteiger charge is 2.02. The first kappa shape index (κ1) is 13.2. The first-order valence-electron chi connectivity index (χ1n) is 6.21. The lowest BCUT2D eigenvalue weighted by Crippen LogP contribution is -2.23. The third kappa shape index (κ3) is 4.33. The molecule has 1 aromatic rings. The van der Waals surface area contributed by atoms with E-state index in [0.717, 1.165) is 18.7 Å². The molecule has 0 aliphatic rings. The van der Waals surface area contributed by atoms with Gasteiger partial charge in [0.25, 0.3) is 0 Å². The van der Waals surface area contributed by atoms with Crippen molar-refractivity contribution in [2.24, 2.45) is 0 Å². The number of nitrogens with zero attached hydrogens (tertiary/aromatic N) is 1. The number of hydrogen-bond acceptors (Lipinski definition) is 2. The van der Waals surface area contributed by atoms with E-state index in [9.17, 15) is 0 Å². The predicted molar refractivity (Wildman–Crippen MR) is 68.2 cm³/mol. The number of rotatable bonds is 7. The molecule has 2 nitrogen and oxygen atoms in total. The van der Waals surface area contributed by atoms with Crippen molar-refractivity contribution in [2.75, 3.05) is 13.1 Å². The van der Waals surface area contributed by atoms with Crippen LogP contribution in [0.1, 0.15) is 37.8 Å². The van der Waals surface area contributed by atoms with Crippen LogP contribution < -0.4 is 0 Å². The molecule has 0 aliphatic heterocycles.